The van der Waals surface area contributed by atoms with Gasteiger partial charge in [0.05, 0.1) is 23.9 Å². The number of carboxylic acids is 4. The van der Waals surface area contributed by atoms with Gasteiger partial charge in [0.1, 0.15) is 0 Å². The number of carboxylic acid groups (broad SMARTS) is 4. The molecule has 0 spiro atoms. The molecule has 1 aliphatic rings. The SMILES string of the molecule is O=C([O-])c1ccc(CN2CCN(Cc3ccc(C(=O)[O-])cc3)CCN(Cc3ccc(C(=O)[O-])cc3)CCN(Cc3ccc(C(=O)[O-])cc3)CC2)cc1.[Cs+].[Cs+].[Cs+].[Cs+]. The van der Waals surface area contributed by atoms with Crippen molar-refractivity contribution in [2.24, 2.45) is 0 Å². The Balaban J connectivity index is 0.00000392. The third-order valence-electron chi connectivity index (χ3n) is 9.31. The number of carbonyl (C=O) groups excluding carboxylic acids is 4. The fourth-order valence-corrected chi connectivity index (χ4v) is 6.23. The van der Waals surface area contributed by atoms with Gasteiger partial charge in [0.25, 0.3) is 0 Å². The molecule has 1 saturated heterocycles. The van der Waals surface area contributed by atoms with E-state index < -0.39 is 23.9 Å². The number of rotatable bonds is 12. The van der Waals surface area contributed by atoms with Crippen molar-refractivity contribution in [3.63, 3.8) is 0 Å². The average molecular weight is 1240 g/mol. The zero-order valence-electron chi connectivity index (χ0n) is 32.8. The van der Waals surface area contributed by atoms with Gasteiger partial charge in [-0.25, -0.2) is 0 Å². The molecule has 4 aromatic carbocycles. The number of aromatic carboxylic acids is 4. The van der Waals surface area contributed by atoms with Crippen LogP contribution in [0.2, 0.25) is 0 Å². The first-order valence-electron chi connectivity index (χ1n) is 17.1. The standard InChI is InChI=1S/C40H44N4O8.4Cs/c45-37(46)33-9-1-29(2-10-33)25-41-17-19-42(26-30-3-11-34(12-4-30)38(47)48)21-23-44(28-32-7-15-36(16-8-32)40(51)52)24-22-43(20-18-41)27-31-5-13-35(14-6-31)39(49)50;;;;/h1-16H,17-28H2,(H,45,46)(H,47,48)(H,49,50)(H,51,52);;;;/q;4*+1/p-4. The van der Waals surface area contributed by atoms with Crippen LogP contribution in [0.1, 0.15) is 63.7 Å². The van der Waals surface area contributed by atoms with Crippen molar-refractivity contribution in [2.75, 3.05) is 52.4 Å². The van der Waals surface area contributed by atoms with Crippen LogP contribution in [0, 0.1) is 0 Å². The first kappa shape index (κ1) is 56.8. The smallest absolute Gasteiger partial charge is 0.545 e. The molecule has 4 aromatic rings. The number of hydrogen-bond donors (Lipinski definition) is 0. The average Bonchev–Trinajstić information content (AvgIpc) is 3.13. The number of carbonyl (C=O) groups is 4. The van der Waals surface area contributed by atoms with Gasteiger partial charge in [0, 0.05) is 78.5 Å². The number of hydrogen-bond acceptors (Lipinski definition) is 12. The van der Waals surface area contributed by atoms with E-state index in [1.807, 2.05) is 0 Å². The summed E-state index contributed by atoms with van der Waals surface area (Å²) < 4.78 is 0. The maximum absolute atomic E-state index is 11.3. The summed E-state index contributed by atoms with van der Waals surface area (Å²) >= 11 is 0. The molecule has 1 heterocycles. The topological polar surface area (TPSA) is 173 Å². The van der Waals surface area contributed by atoms with Crippen molar-refractivity contribution in [3.8, 4) is 0 Å². The van der Waals surface area contributed by atoms with Crippen LogP contribution in [0.15, 0.2) is 97.1 Å². The van der Waals surface area contributed by atoms with Crippen molar-refractivity contribution in [3.05, 3.63) is 142 Å². The second-order valence-corrected chi connectivity index (χ2v) is 13.0. The predicted octanol–water partition coefficient (Wildman–Crippen LogP) is -12.5. The molecule has 1 fully saturated rings. The Morgan fingerprint density at radius 2 is 0.464 bits per heavy atom. The molecule has 0 N–H and O–H groups in total. The van der Waals surface area contributed by atoms with E-state index in [1.54, 1.807) is 97.1 Å². The summed E-state index contributed by atoms with van der Waals surface area (Å²) in [5, 5.41) is 45.3. The van der Waals surface area contributed by atoms with Crippen molar-refractivity contribution in [2.45, 2.75) is 26.2 Å². The van der Waals surface area contributed by atoms with Gasteiger partial charge in [0.2, 0.25) is 0 Å². The van der Waals surface area contributed by atoms with Crippen LogP contribution in [0.3, 0.4) is 0 Å². The molecule has 0 atom stereocenters. The summed E-state index contributed by atoms with van der Waals surface area (Å²) in [4.78, 5) is 54.6. The number of nitrogens with zero attached hydrogens (tertiary/aromatic N) is 4. The van der Waals surface area contributed by atoms with Crippen molar-refractivity contribution < 1.29 is 315 Å². The second kappa shape index (κ2) is 30.0. The summed E-state index contributed by atoms with van der Waals surface area (Å²) in [6.45, 7) is 7.89. The van der Waals surface area contributed by atoms with E-state index in [9.17, 15) is 39.6 Å². The maximum atomic E-state index is 11.3. The van der Waals surface area contributed by atoms with Crippen LogP contribution in [-0.2, 0) is 26.2 Å². The van der Waals surface area contributed by atoms with Crippen LogP contribution >= 0.6 is 0 Å². The minimum absolute atomic E-state index is 0. The molecular weight excluding hydrogens is 1200 g/mol. The van der Waals surface area contributed by atoms with E-state index in [4.69, 9.17) is 0 Å². The van der Waals surface area contributed by atoms with E-state index >= 15 is 0 Å². The second-order valence-electron chi connectivity index (χ2n) is 13.0. The van der Waals surface area contributed by atoms with E-state index in [-0.39, 0.29) is 298 Å². The van der Waals surface area contributed by atoms with Gasteiger partial charge in [-0.15, -0.1) is 0 Å². The van der Waals surface area contributed by atoms with Gasteiger partial charge in [-0.1, -0.05) is 97.1 Å². The fourth-order valence-electron chi connectivity index (χ4n) is 6.23. The Hall–Kier alpha value is 2.81. The summed E-state index contributed by atoms with van der Waals surface area (Å²) in [5.74, 6) is -4.91. The molecule has 56 heavy (non-hydrogen) atoms. The summed E-state index contributed by atoms with van der Waals surface area (Å²) in [5.41, 5.74) is 4.30. The predicted molar refractivity (Wildman–Crippen MR) is 184 cm³/mol. The van der Waals surface area contributed by atoms with Gasteiger partial charge in [0.15, 0.2) is 0 Å². The zero-order valence-corrected chi connectivity index (χ0v) is 57.9. The third-order valence-corrected chi connectivity index (χ3v) is 9.31. The Kier molecular flexibility index (Phi) is 30.5. The van der Waals surface area contributed by atoms with Crippen LogP contribution in [0.5, 0.6) is 0 Å². The summed E-state index contributed by atoms with van der Waals surface area (Å²) in [7, 11) is 0. The molecule has 5 rings (SSSR count). The van der Waals surface area contributed by atoms with Gasteiger partial charge in [-0.2, -0.15) is 0 Å². The third kappa shape index (κ3) is 19.7. The van der Waals surface area contributed by atoms with Crippen LogP contribution in [0.25, 0.3) is 0 Å². The number of benzene rings is 4. The first-order chi connectivity index (χ1) is 25.0. The van der Waals surface area contributed by atoms with Crippen molar-refractivity contribution in [1.82, 2.24) is 19.6 Å². The van der Waals surface area contributed by atoms with E-state index in [1.165, 1.54) is 0 Å². The zero-order chi connectivity index (χ0) is 37.0. The molecule has 0 radical (unpaired) electrons. The molecule has 0 aliphatic carbocycles. The minimum atomic E-state index is -1.23. The van der Waals surface area contributed by atoms with E-state index in [0.29, 0.717) is 78.5 Å². The Morgan fingerprint density at radius 1 is 0.321 bits per heavy atom. The Bertz CT molecular complexity index is 1550. The van der Waals surface area contributed by atoms with Crippen LogP contribution < -0.4 is 296 Å². The fraction of sp³-hybridized carbons (Fsp3) is 0.300. The minimum Gasteiger partial charge on any atom is -0.545 e. The summed E-state index contributed by atoms with van der Waals surface area (Å²) in [6.07, 6.45) is 0. The molecule has 0 saturated carbocycles. The van der Waals surface area contributed by atoms with E-state index in [2.05, 4.69) is 19.6 Å². The maximum Gasteiger partial charge on any atom is 1.00 e. The van der Waals surface area contributed by atoms with Gasteiger partial charge in [-0.3, -0.25) is 19.6 Å². The molecule has 272 valence electrons. The van der Waals surface area contributed by atoms with E-state index in [0.717, 1.165) is 22.3 Å². The van der Waals surface area contributed by atoms with Crippen LogP contribution in [-0.4, -0.2) is 95.8 Å². The molecule has 0 amide bonds. The molecule has 12 nitrogen and oxygen atoms in total. The first-order valence-corrected chi connectivity index (χ1v) is 17.1. The van der Waals surface area contributed by atoms with Gasteiger partial charge >= 0.3 is 276 Å². The quantitative estimate of drug-likeness (QED) is 0.132. The molecule has 1 aliphatic heterocycles. The Labute approximate surface area is 564 Å². The summed E-state index contributed by atoms with van der Waals surface area (Å²) in [6, 6.07) is 26.8. The molecular formula is C40H40Cs4N4O8. The molecule has 0 aromatic heterocycles. The Morgan fingerprint density at radius 3 is 0.589 bits per heavy atom. The van der Waals surface area contributed by atoms with Crippen molar-refractivity contribution >= 4 is 23.9 Å². The van der Waals surface area contributed by atoms with Gasteiger partial charge in [-0.05, 0) is 44.5 Å². The monoisotopic (exact) mass is 1240 g/mol. The normalized spacial score (nSPS) is 14.6. The molecule has 0 bridgehead atoms. The largest absolute Gasteiger partial charge is 1.00 e. The van der Waals surface area contributed by atoms with Crippen molar-refractivity contribution in [1.29, 1.82) is 0 Å². The molecule has 0 unspecified atom stereocenters. The molecule has 16 heteroatoms. The van der Waals surface area contributed by atoms with Crippen LogP contribution in [0.4, 0.5) is 0 Å². The van der Waals surface area contributed by atoms with Gasteiger partial charge < -0.3 is 39.6 Å².